The molecule has 0 aliphatic carbocycles. The molecule has 1 N–H and O–H groups in total. The standard InChI is InChI=1S/C10H14N4O2S3/c1-3-17-9-12-13-10(19-9)18-6(2)7(15)14-5-4-11-8(14)16/h6H,3-5H2,1-2H3,(H,11,16)/t6-/m0/s1. The smallest absolute Gasteiger partial charge is 0.324 e. The maximum Gasteiger partial charge on any atom is 0.324 e. The number of rotatable bonds is 5. The first-order valence-electron chi connectivity index (χ1n) is 5.84. The van der Waals surface area contributed by atoms with Crippen molar-refractivity contribution >= 4 is 46.8 Å². The van der Waals surface area contributed by atoms with E-state index in [1.807, 2.05) is 0 Å². The van der Waals surface area contributed by atoms with E-state index in [9.17, 15) is 9.59 Å². The van der Waals surface area contributed by atoms with Crippen molar-refractivity contribution in [1.82, 2.24) is 20.4 Å². The van der Waals surface area contributed by atoms with Crippen LogP contribution in [0.2, 0.25) is 0 Å². The maximum atomic E-state index is 12.1. The lowest BCUT2D eigenvalue weighted by Crippen LogP contribution is -2.38. The number of thioether (sulfide) groups is 2. The van der Waals surface area contributed by atoms with Crippen molar-refractivity contribution in [3.05, 3.63) is 0 Å². The van der Waals surface area contributed by atoms with Crippen LogP contribution in [0.3, 0.4) is 0 Å². The van der Waals surface area contributed by atoms with Gasteiger partial charge in [-0.3, -0.25) is 9.69 Å². The number of hydrogen-bond donors (Lipinski definition) is 1. The molecule has 6 nitrogen and oxygen atoms in total. The van der Waals surface area contributed by atoms with E-state index in [2.05, 4.69) is 22.4 Å². The van der Waals surface area contributed by atoms with Gasteiger partial charge in [0.1, 0.15) is 0 Å². The highest BCUT2D eigenvalue weighted by molar-refractivity contribution is 8.03. The Labute approximate surface area is 123 Å². The largest absolute Gasteiger partial charge is 0.336 e. The van der Waals surface area contributed by atoms with E-state index in [4.69, 9.17) is 0 Å². The van der Waals surface area contributed by atoms with Gasteiger partial charge in [0.05, 0.1) is 5.25 Å². The zero-order valence-electron chi connectivity index (χ0n) is 10.6. The van der Waals surface area contributed by atoms with E-state index >= 15 is 0 Å². The fourth-order valence-corrected chi connectivity index (χ4v) is 4.65. The average molecular weight is 318 g/mol. The van der Waals surface area contributed by atoms with Crippen LogP contribution in [-0.2, 0) is 4.79 Å². The fourth-order valence-electron chi connectivity index (χ4n) is 1.53. The second-order valence-corrected chi connectivity index (χ2v) is 7.83. The molecule has 2 rings (SSSR count). The minimum absolute atomic E-state index is 0.181. The number of amides is 3. The molecule has 2 heterocycles. The molecule has 0 unspecified atom stereocenters. The fraction of sp³-hybridized carbons (Fsp3) is 0.600. The van der Waals surface area contributed by atoms with Gasteiger partial charge in [0, 0.05) is 13.1 Å². The molecule has 1 fully saturated rings. The van der Waals surface area contributed by atoms with Crippen molar-refractivity contribution in [2.24, 2.45) is 0 Å². The van der Waals surface area contributed by atoms with Crippen molar-refractivity contribution in [3.8, 4) is 0 Å². The van der Waals surface area contributed by atoms with Gasteiger partial charge in [-0.2, -0.15) is 0 Å². The zero-order chi connectivity index (χ0) is 13.8. The Morgan fingerprint density at radius 2 is 2.26 bits per heavy atom. The Morgan fingerprint density at radius 3 is 2.89 bits per heavy atom. The minimum Gasteiger partial charge on any atom is -0.336 e. The quantitative estimate of drug-likeness (QED) is 0.833. The van der Waals surface area contributed by atoms with E-state index in [-0.39, 0.29) is 17.2 Å². The third-order valence-electron chi connectivity index (χ3n) is 2.40. The number of hydrogen-bond acceptors (Lipinski definition) is 7. The topological polar surface area (TPSA) is 75.2 Å². The summed E-state index contributed by atoms with van der Waals surface area (Å²) in [7, 11) is 0. The van der Waals surface area contributed by atoms with E-state index < -0.39 is 0 Å². The summed E-state index contributed by atoms with van der Waals surface area (Å²) in [6.07, 6.45) is 0. The molecule has 0 saturated carbocycles. The van der Waals surface area contributed by atoms with E-state index in [1.54, 1.807) is 18.7 Å². The molecule has 1 aromatic heterocycles. The Hall–Kier alpha value is -0.800. The molecule has 9 heteroatoms. The Kier molecular flexibility index (Phi) is 5.06. The summed E-state index contributed by atoms with van der Waals surface area (Å²) in [5.41, 5.74) is 0. The highest BCUT2D eigenvalue weighted by Crippen LogP contribution is 2.31. The molecule has 0 aromatic carbocycles. The van der Waals surface area contributed by atoms with Crippen molar-refractivity contribution in [2.45, 2.75) is 27.8 Å². The summed E-state index contributed by atoms with van der Waals surface area (Å²) in [6, 6.07) is -0.308. The number of nitrogens with one attached hydrogen (secondary N) is 1. The number of nitrogens with zero attached hydrogens (tertiary/aromatic N) is 3. The molecule has 0 bridgehead atoms. The number of carbonyl (C=O) groups is 2. The number of aromatic nitrogens is 2. The highest BCUT2D eigenvalue weighted by Gasteiger charge is 2.30. The number of urea groups is 1. The second-order valence-electron chi connectivity index (χ2n) is 3.75. The lowest BCUT2D eigenvalue weighted by Gasteiger charge is -2.16. The molecule has 1 aliphatic rings. The molecular formula is C10H14N4O2S3. The van der Waals surface area contributed by atoms with Crippen molar-refractivity contribution < 1.29 is 9.59 Å². The predicted octanol–water partition coefficient (Wildman–Crippen LogP) is 1.68. The lowest BCUT2D eigenvalue weighted by molar-refractivity contribution is -0.126. The van der Waals surface area contributed by atoms with Gasteiger partial charge < -0.3 is 5.32 Å². The van der Waals surface area contributed by atoms with Crippen molar-refractivity contribution in [3.63, 3.8) is 0 Å². The van der Waals surface area contributed by atoms with Gasteiger partial charge in [0.2, 0.25) is 5.91 Å². The highest BCUT2D eigenvalue weighted by atomic mass is 32.2. The molecule has 19 heavy (non-hydrogen) atoms. The average Bonchev–Trinajstić information content (AvgIpc) is 2.98. The summed E-state index contributed by atoms with van der Waals surface area (Å²) in [4.78, 5) is 24.8. The lowest BCUT2D eigenvalue weighted by atomic mass is 10.4. The van der Waals surface area contributed by atoms with Crippen LogP contribution >= 0.6 is 34.9 Å². The molecule has 1 aromatic rings. The van der Waals surface area contributed by atoms with Crippen LogP contribution in [0.15, 0.2) is 8.68 Å². The Balaban J connectivity index is 1.94. The molecule has 1 atom stereocenters. The van der Waals surface area contributed by atoms with Crippen molar-refractivity contribution in [1.29, 1.82) is 0 Å². The molecule has 0 spiro atoms. The molecule has 104 valence electrons. The minimum atomic E-state index is -0.337. The first-order chi connectivity index (χ1) is 9.11. The van der Waals surface area contributed by atoms with E-state index in [1.165, 1.54) is 28.0 Å². The van der Waals surface area contributed by atoms with Gasteiger partial charge in [0.25, 0.3) is 0 Å². The Morgan fingerprint density at radius 1 is 1.53 bits per heavy atom. The molecule has 1 saturated heterocycles. The SMILES string of the molecule is CCSc1nnc(S[C@@H](C)C(=O)N2CCNC2=O)s1. The monoisotopic (exact) mass is 318 g/mol. The van der Waals surface area contributed by atoms with Gasteiger partial charge in [-0.05, 0) is 12.7 Å². The summed E-state index contributed by atoms with van der Waals surface area (Å²) >= 11 is 4.46. The van der Waals surface area contributed by atoms with Crippen LogP contribution in [0.1, 0.15) is 13.8 Å². The third kappa shape index (κ3) is 3.61. The van der Waals surface area contributed by atoms with E-state index in [0.29, 0.717) is 13.1 Å². The molecular weight excluding hydrogens is 304 g/mol. The first kappa shape index (κ1) is 14.6. The van der Waals surface area contributed by atoms with Crippen LogP contribution in [0.25, 0.3) is 0 Å². The number of carbonyl (C=O) groups excluding carboxylic acids is 2. The Bertz CT molecular complexity index is 479. The second kappa shape index (κ2) is 6.58. The summed E-state index contributed by atoms with van der Waals surface area (Å²) in [5, 5.41) is 10.4. The van der Waals surface area contributed by atoms with Gasteiger partial charge in [-0.1, -0.05) is 41.8 Å². The normalized spacial score (nSPS) is 16.5. The van der Waals surface area contributed by atoms with E-state index in [0.717, 1.165) is 14.4 Å². The van der Waals surface area contributed by atoms with Crippen LogP contribution in [-0.4, -0.2) is 51.1 Å². The van der Waals surface area contributed by atoms with Crippen molar-refractivity contribution in [2.75, 3.05) is 18.8 Å². The van der Waals surface area contributed by atoms with Gasteiger partial charge in [0.15, 0.2) is 8.68 Å². The number of imide groups is 1. The zero-order valence-corrected chi connectivity index (χ0v) is 13.0. The molecule has 3 amide bonds. The van der Waals surface area contributed by atoms with Crippen LogP contribution in [0, 0.1) is 0 Å². The van der Waals surface area contributed by atoms with Crippen LogP contribution in [0.4, 0.5) is 4.79 Å². The predicted molar refractivity (Wildman–Crippen MR) is 76.7 cm³/mol. The van der Waals surface area contributed by atoms with Gasteiger partial charge >= 0.3 is 6.03 Å². The summed E-state index contributed by atoms with van der Waals surface area (Å²) in [6.45, 7) is 4.80. The molecule has 1 aliphatic heterocycles. The van der Waals surface area contributed by atoms with Crippen LogP contribution < -0.4 is 5.32 Å². The molecule has 0 radical (unpaired) electrons. The van der Waals surface area contributed by atoms with Crippen LogP contribution in [0.5, 0.6) is 0 Å². The van der Waals surface area contributed by atoms with Gasteiger partial charge in [-0.25, -0.2) is 4.79 Å². The third-order valence-corrected chi connectivity index (χ3v) is 5.51. The first-order valence-corrected chi connectivity index (χ1v) is 8.52. The summed E-state index contributed by atoms with van der Waals surface area (Å²) in [5.74, 6) is 0.766. The maximum absolute atomic E-state index is 12.1. The van der Waals surface area contributed by atoms with Gasteiger partial charge in [-0.15, -0.1) is 10.2 Å². The summed E-state index contributed by atoms with van der Waals surface area (Å²) < 4.78 is 1.67.